The molecular formula is C16H20N4. The van der Waals surface area contributed by atoms with Crippen LogP contribution in [0.15, 0.2) is 24.3 Å². The summed E-state index contributed by atoms with van der Waals surface area (Å²) in [6.45, 7) is 7.75. The monoisotopic (exact) mass is 268 g/mol. The predicted molar refractivity (Wildman–Crippen MR) is 82.6 cm³/mol. The highest BCUT2D eigenvalue weighted by Crippen LogP contribution is 2.25. The molecular weight excluding hydrogens is 248 g/mol. The highest BCUT2D eigenvalue weighted by Gasteiger charge is 2.12. The highest BCUT2D eigenvalue weighted by atomic mass is 15.2. The molecule has 0 amide bonds. The van der Waals surface area contributed by atoms with Gasteiger partial charge >= 0.3 is 0 Å². The molecule has 0 saturated carbocycles. The molecule has 0 saturated heterocycles. The number of aromatic nitrogens is 1. The van der Waals surface area contributed by atoms with Crippen LogP contribution < -0.4 is 10.6 Å². The molecule has 0 aliphatic heterocycles. The summed E-state index contributed by atoms with van der Waals surface area (Å²) in [6.07, 6.45) is 0. The van der Waals surface area contributed by atoms with Crippen LogP contribution in [0.3, 0.4) is 0 Å². The number of nitrogens with zero attached hydrogens (tertiary/aromatic N) is 3. The van der Waals surface area contributed by atoms with Crippen molar-refractivity contribution in [2.24, 2.45) is 5.73 Å². The number of rotatable bonds is 4. The Morgan fingerprint density at radius 3 is 2.55 bits per heavy atom. The normalized spacial score (nSPS) is 12.2. The summed E-state index contributed by atoms with van der Waals surface area (Å²) < 4.78 is 0. The van der Waals surface area contributed by atoms with Gasteiger partial charge in [0.05, 0.1) is 11.1 Å². The van der Waals surface area contributed by atoms with Crippen LogP contribution in [-0.4, -0.2) is 18.1 Å². The number of anilines is 1. The largest absolute Gasteiger partial charge is 0.356 e. The first-order valence-electron chi connectivity index (χ1n) is 6.96. The van der Waals surface area contributed by atoms with E-state index in [0.29, 0.717) is 5.56 Å². The van der Waals surface area contributed by atoms with Crippen LogP contribution in [0.1, 0.15) is 37.9 Å². The van der Waals surface area contributed by atoms with Crippen LogP contribution >= 0.6 is 0 Å². The number of pyridine rings is 1. The molecule has 20 heavy (non-hydrogen) atoms. The van der Waals surface area contributed by atoms with E-state index in [9.17, 15) is 5.26 Å². The maximum Gasteiger partial charge on any atom is 0.147 e. The number of benzene rings is 1. The first kappa shape index (κ1) is 14.3. The third-order valence-corrected chi connectivity index (χ3v) is 3.53. The van der Waals surface area contributed by atoms with Crippen LogP contribution in [0.5, 0.6) is 0 Å². The van der Waals surface area contributed by atoms with Crippen molar-refractivity contribution < 1.29 is 0 Å². The molecule has 4 heteroatoms. The second-order valence-corrected chi connectivity index (χ2v) is 4.88. The van der Waals surface area contributed by atoms with Gasteiger partial charge in [-0.2, -0.15) is 5.26 Å². The van der Waals surface area contributed by atoms with Crippen molar-refractivity contribution in [3.05, 3.63) is 35.4 Å². The summed E-state index contributed by atoms with van der Waals surface area (Å²) in [6, 6.07) is 10.1. The molecule has 1 heterocycles. The van der Waals surface area contributed by atoms with E-state index < -0.39 is 0 Å². The molecule has 0 bridgehead atoms. The summed E-state index contributed by atoms with van der Waals surface area (Å²) in [5.41, 5.74) is 8.47. The molecule has 0 fully saturated rings. The van der Waals surface area contributed by atoms with Crippen molar-refractivity contribution >= 4 is 16.7 Å². The van der Waals surface area contributed by atoms with Gasteiger partial charge in [0.25, 0.3) is 0 Å². The number of nitrogens with two attached hydrogens (primary N) is 1. The lowest BCUT2D eigenvalue weighted by Gasteiger charge is -2.21. The van der Waals surface area contributed by atoms with Crippen LogP contribution in [0, 0.1) is 11.3 Å². The van der Waals surface area contributed by atoms with Gasteiger partial charge < -0.3 is 10.6 Å². The molecule has 1 atom stereocenters. The van der Waals surface area contributed by atoms with E-state index in [2.05, 4.69) is 29.8 Å². The third-order valence-electron chi connectivity index (χ3n) is 3.53. The van der Waals surface area contributed by atoms with Crippen molar-refractivity contribution in [3.63, 3.8) is 0 Å². The molecule has 2 rings (SSSR count). The lowest BCUT2D eigenvalue weighted by Crippen LogP contribution is -2.24. The minimum Gasteiger partial charge on any atom is -0.356 e. The van der Waals surface area contributed by atoms with Gasteiger partial charge in [0.1, 0.15) is 11.9 Å². The molecule has 4 nitrogen and oxygen atoms in total. The van der Waals surface area contributed by atoms with Crippen molar-refractivity contribution in [1.82, 2.24) is 4.98 Å². The minimum atomic E-state index is -0.0209. The number of fused-ring (bicyclic) bond motifs is 1. The lowest BCUT2D eigenvalue weighted by molar-refractivity contribution is 0.819. The molecule has 1 aromatic carbocycles. The molecule has 2 aromatic rings. The van der Waals surface area contributed by atoms with E-state index in [1.807, 2.05) is 31.2 Å². The maximum atomic E-state index is 9.35. The summed E-state index contributed by atoms with van der Waals surface area (Å²) in [5.74, 6) is 0.763. The van der Waals surface area contributed by atoms with E-state index in [1.54, 1.807) is 0 Å². The topological polar surface area (TPSA) is 65.9 Å². The highest BCUT2D eigenvalue weighted by molar-refractivity contribution is 5.83. The van der Waals surface area contributed by atoms with Gasteiger partial charge in [0.15, 0.2) is 0 Å². The van der Waals surface area contributed by atoms with Gasteiger partial charge in [0.2, 0.25) is 0 Å². The fraction of sp³-hybridized carbons (Fsp3) is 0.375. The Hall–Kier alpha value is -2.12. The van der Waals surface area contributed by atoms with Crippen molar-refractivity contribution in [2.45, 2.75) is 26.8 Å². The number of nitriles is 1. The fourth-order valence-electron chi connectivity index (χ4n) is 2.31. The van der Waals surface area contributed by atoms with Gasteiger partial charge in [-0.3, -0.25) is 0 Å². The summed E-state index contributed by atoms with van der Waals surface area (Å²) in [7, 11) is 0. The van der Waals surface area contributed by atoms with Gasteiger partial charge in [-0.05, 0) is 44.5 Å². The zero-order valence-corrected chi connectivity index (χ0v) is 12.2. The third kappa shape index (κ3) is 2.59. The van der Waals surface area contributed by atoms with E-state index in [1.165, 1.54) is 0 Å². The van der Waals surface area contributed by atoms with Crippen LogP contribution in [-0.2, 0) is 0 Å². The van der Waals surface area contributed by atoms with Crippen LogP contribution in [0.25, 0.3) is 10.9 Å². The summed E-state index contributed by atoms with van der Waals surface area (Å²) in [4.78, 5) is 6.75. The zero-order valence-electron chi connectivity index (χ0n) is 12.2. The molecule has 0 radical (unpaired) electrons. The predicted octanol–water partition coefficient (Wildman–Crippen LogP) is 2.97. The van der Waals surface area contributed by atoms with Gasteiger partial charge in [-0.25, -0.2) is 4.98 Å². The second kappa shape index (κ2) is 5.89. The Kier molecular flexibility index (Phi) is 4.21. The lowest BCUT2D eigenvalue weighted by atomic mass is 10.0. The molecule has 1 aromatic heterocycles. The van der Waals surface area contributed by atoms with Gasteiger partial charge in [0, 0.05) is 24.5 Å². The molecule has 0 aliphatic rings. The molecule has 0 aliphatic carbocycles. The first-order chi connectivity index (χ1) is 9.60. The molecule has 104 valence electrons. The first-order valence-corrected chi connectivity index (χ1v) is 6.96. The Labute approximate surface area is 119 Å². The summed E-state index contributed by atoms with van der Waals surface area (Å²) >= 11 is 0. The Balaban J connectivity index is 2.63. The van der Waals surface area contributed by atoms with E-state index in [0.717, 1.165) is 35.4 Å². The van der Waals surface area contributed by atoms with Crippen LogP contribution in [0.4, 0.5) is 5.82 Å². The fourth-order valence-corrected chi connectivity index (χ4v) is 2.31. The van der Waals surface area contributed by atoms with Crippen molar-refractivity contribution in [3.8, 4) is 6.07 Å². The SMILES string of the molecule is CCN(CC)c1nc2ccc(C(C)N)cc2cc1C#N. The van der Waals surface area contributed by atoms with Gasteiger partial charge in [-0.15, -0.1) is 0 Å². The van der Waals surface area contributed by atoms with E-state index in [-0.39, 0.29) is 6.04 Å². The number of hydrogen-bond acceptors (Lipinski definition) is 4. The molecule has 1 unspecified atom stereocenters. The molecule has 0 spiro atoms. The summed E-state index contributed by atoms with van der Waals surface area (Å²) in [5, 5.41) is 10.3. The van der Waals surface area contributed by atoms with E-state index >= 15 is 0 Å². The Morgan fingerprint density at radius 1 is 1.30 bits per heavy atom. The Bertz CT molecular complexity index is 651. The molecule has 2 N–H and O–H groups in total. The average Bonchev–Trinajstić information content (AvgIpc) is 2.47. The minimum absolute atomic E-state index is 0.0209. The van der Waals surface area contributed by atoms with Crippen LogP contribution in [0.2, 0.25) is 0 Å². The standard InChI is InChI=1S/C16H20N4/c1-4-20(5-2)16-14(10-17)9-13-8-12(11(3)18)6-7-15(13)19-16/h6-9,11H,4-5,18H2,1-3H3. The maximum absolute atomic E-state index is 9.35. The van der Waals surface area contributed by atoms with Crippen molar-refractivity contribution in [2.75, 3.05) is 18.0 Å². The smallest absolute Gasteiger partial charge is 0.147 e. The van der Waals surface area contributed by atoms with Crippen molar-refractivity contribution in [1.29, 1.82) is 5.26 Å². The average molecular weight is 268 g/mol. The Morgan fingerprint density at radius 2 is 2.00 bits per heavy atom. The second-order valence-electron chi connectivity index (χ2n) is 4.88. The van der Waals surface area contributed by atoms with E-state index in [4.69, 9.17) is 5.73 Å². The van der Waals surface area contributed by atoms with Gasteiger partial charge in [-0.1, -0.05) is 6.07 Å². The quantitative estimate of drug-likeness (QED) is 0.925. The zero-order chi connectivity index (χ0) is 14.7. The number of hydrogen-bond donors (Lipinski definition) is 1.